The molecule has 0 atom stereocenters. The Hall–Kier alpha value is -1.82. The van der Waals surface area contributed by atoms with Crippen molar-refractivity contribution in [2.45, 2.75) is 20.3 Å². The van der Waals surface area contributed by atoms with Crippen LogP contribution in [0.3, 0.4) is 0 Å². The molecule has 0 saturated heterocycles. The van der Waals surface area contributed by atoms with Crippen molar-refractivity contribution >= 4 is 21.9 Å². The summed E-state index contributed by atoms with van der Waals surface area (Å²) in [5.41, 5.74) is 5.58. The lowest BCUT2D eigenvalue weighted by Gasteiger charge is -2.02. The molecule has 3 rings (SSSR count). The van der Waals surface area contributed by atoms with E-state index in [1.807, 2.05) is 0 Å². The zero-order valence-corrected chi connectivity index (χ0v) is 10.3. The lowest BCUT2D eigenvalue weighted by atomic mass is 10.0. The number of allylic oxidation sites excluding steroid dienone is 4. The van der Waals surface area contributed by atoms with E-state index < -0.39 is 0 Å². The lowest BCUT2D eigenvalue weighted by molar-refractivity contribution is 1.23. The van der Waals surface area contributed by atoms with Gasteiger partial charge in [0.05, 0.1) is 0 Å². The Morgan fingerprint density at radius 1 is 0.941 bits per heavy atom. The maximum absolute atomic E-state index is 2.34. The van der Waals surface area contributed by atoms with Crippen LogP contribution in [0.5, 0.6) is 0 Å². The van der Waals surface area contributed by atoms with Crippen LogP contribution >= 0.6 is 0 Å². The topological polar surface area (TPSA) is 0 Å². The standard InChI is InChI=1S/C17H16/c1-3-7-14-13(4-2)15-10-5-8-12-9-6-11-16(14)17(12)15/h4-11H,3H2,1-2H3/b13-4+,14-7+. The number of hydrogen-bond acceptors (Lipinski definition) is 0. The molecule has 0 saturated carbocycles. The van der Waals surface area contributed by atoms with Gasteiger partial charge >= 0.3 is 0 Å². The Morgan fingerprint density at radius 2 is 1.59 bits per heavy atom. The fraction of sp³-hybridized carbons (Fsp3) is 0.176. The molecule has 0 radical (unpaired) electrons. The van der Waals surface area contributed by atoms with Crippen molar-refractivity contribution in [1.29, 1.82) is 0 Å². The van der Waals surface area contributed by atoms with Crippen LogP contribution in [0.1, 0.15) is 31.4 Å². The van der Waals surface area contributed by atoms with Gasteiger partial charge in [-0.1, -0.05) is 55.5 Å². The van der Waals surface area contributed by atoms with Crippen molar-refractivity contribution in [3.8, 4) is 0 Å². The minimum absolute atomic E-state index is 1.08. The molecular formula is C17H16. The quantitative estimate of drug-likeness (QED) is 0.631. The number of rotatable bonds is 1. The van der Waals surface area contributed by atoms with Gasteiger partial charge in [-0.3, -0.25) is 0 Å². The van der Waals surface area contributed by atoms with Crippen molar-refractivity contribution in [2.75, 3.05) is 0 Å². The Bertz CT molecular complexity index is 637. The first-order chi connectivity index (χ1) is 8.36. The van der Waals surface area contributed by atoms with Gasteiger partial charge in [-0.05, 0) is 46.4 Å². The summed E-state index contributed by atoms with van der Waals surface area (Å²) in [7, 11) is 0. The number of hydrogen-bond donors (Lipinski definition) is 0. The van der Waals surface area contributed by atoms with Gasteiger partial charge in [-0.15, -0.1) is 0 Å². The summed E-state index contributed by atoms with van der Waals surface area (Å²) in [5.74, 6) is 0. The average Bonchev–Trinajstić information content (AvgIpc) is 2.67. The minimum atomic E-state index is 1.08. The largest absolute Gasteiger partial charge is 0.0791 e. The van der Waals surface area contributed by atoms with E-state index in [0.717, 1.165) is 6.42 Å². The van der Waals surface area contributed by atoms with E-state index in [9.17, 15) is 0 Å². The van der Waals surface area contributed by atoms with E-state index in [1.54, 1.807) is 0 Å². The molecule has 2 aromatic rings. The van der Waals surface area contributed by atoms with Crippen molar-refractivity contribution in [3.63, 3.8) is 0 Å². The summed E-state index contributed by atoms with van der Waals surface area (Å²) in [6.45, 7) is 4.33. The molecule has 0 fully saturated rings. The highest BCUT2D eigenvalue weighted by Crippen LogP contribution is 2.45. The van der Waals surface area contributed by atoms with E-state index in [2.05, 4.69) is 62.4 Å². The van der Waals surface area contributed by atoms with Gasteiger partial charge in [0, 0.05) is 0 Å². The Labute approximate surface area is 102 Å². The molecule has 0 spiro atoms. The van der Waals surface area contributed by atoms with Crippen LogP contribution in [-0.2, 0) is 0 Å². The first-order valence-corrected chi connectivity index (χ1v) is 6.26. The zero-order chi connectivity index (χ0) is 11.8. The van der Waals surface area contributed by atoms with E-state index in [-0.39, 0.29) is 0 Å². The molecule has 2 aromatic carbocycles. The van der Waals surface area contributed by atoms with Gasteiger partial charge in [-0.25, -0.2) is 0 Å². The Morgan fingerprint density at radius 3 is 2.18 bits per heavy atom. The van der Waals surface area contributed by atoms with Crippen molar-refractivity contribution in [1.82, 2.24) is 0 Å². The molecule has 0 heterocycles. The molecule has 17 heavy (non-hydrogen) atoms. The predicted octanol–water partition coefficient (Wildman–Crippen LogP) is 5.05. The molecule has 0 amide bonds. The molecule has 0 aliphatic heterocycles. The summed E-state index contributed by atoms with van der Waals surface area (Å²) in [6.07, 6.45) is 5.65. The summed E-state index contributed by atoms with van der Waals surface area (Å²) in [6, 6.07) is 13.2. The first kappa shape index (κ1) is 10.3. The van der Waals surface area contributed by atoms with Crippen molar-refractivity contribution < 1.29 is 0 Å². The monoisotopic (exact) mass is 220 g/mol. The third-order valence-corrected chi connectivity index (χ3v) is 3.47. The lowest BCUT2D eigenvalue weighted by Crippen LogP contribution is -1.79. The van der Waals surface area contributed by atoms with Crippen LogP contribution in [-0.4, -0.2) is 0 Å². The molecular weight excluding hydrogens is 204 g/mol. The molecule has 84 valence electrons. The van der Waals surface area contributed by atoms with Gasteiger partial charge in [0.1, 0.15) is 0 Å². The summed E-state index contributed by atoms with van der Waals surface area (Å²) in [4.78, 5) is 0. The summed E-state index contributed by atoms with van der Waals surface area (Å²) < 4.78 is 0. The Kier molecular flexibility index (Phi) is 2.36. The fourth-order valence-corrected chi connectivity index (χ4v) is 2.82. The maximum atomic E-state index is 2.34. The van der Waals surface area contributed by atoms with Crippen molar-refractivity contribution in [2.24, 2.45) is 0 Å². The second-order valence-electron chi connectivity index (χ2n) is 4.44. The minimum Gasteiger partial charge on any atom is -0.0791 e. The van der Waals surface area contributed by atoms with Gasteiger partial charge < -0.3 is 0 Å². The van der Waals surface area contributed by atoms with Gasteiger partial charge in [0.15, 0.2) is 0 Å². The van der Waals surface area contributed by atoms with Crippen molar-refractivity contribution in [3.05, 3.63) is 59.7 Å². The summed E-state index contributed by atoms with van der Waals surface area (Å²) >= 11 is 0. The van der Waals surface area contributed by atoms with E-state index in [0.29, 0.717) is 0 Å². The first-order valence-electron chi connectivity index (χ1n) is 6.26. The molecule has 1 aliphatic rings. The normalized spacial score (nSPS) is 18.5. The van der Waals surface area contributed by atoms with Gasteiger partial charge in [-0.2, -0.15) is 0 Å². The van der Waals surface area contributed by atoms with Gasteiger partial charge in [0.2, 0.25) is 0 Å². The van der Waals surface area contributed by atoms with Crippen LogP contribution in [0.4, 0.5) is 0 Å². The predicted molar refractivity (Wildman–Crippen MR) is 75.9 cm³/mol. The molecule has 0 heteroatoms. The van der Waals surface area contributed by atoms with Crippen LogP contribution in [0.15, 0.2) is 48.6 Å². The highest BCUT2D eigenvalue weighted by atomic mass is 14.2. The average molecular weight is 220 g/mol. The number of benzene rings is 2. The molecule has 0 nitrogen and oxygen atoms in total. The molecule has 1 aliphatic carbocycles. The maximum Gasteiger partial charge on any atom is -0.00266 e. The molecule has 0 bridgehead atoms. The third-order valence-electron chi connectivity index (χ3n) is 3.47. The smallest absolute Gasteiger partial charge is 0.00266 e. The molecule has 0 N–H and O–H groups in total. The van der Waals surface area contributed by atoms with Crippen LogP contribution in [0, 0.1) is 0 Å². The van der Waals surface area contributed by atoms with Crippen LogP contribution in [0.2, 0.25) is 0 Å². The third kappa shape index (κ3) is 1.37. The zero-order valence-electron chi connectivity index (χ0n) is 10.3. The van der Waals surface area contributed by atoms with Gasteiger partial charge in [0.25, 0.3) is 0 Å². The van der Waals surface area contributed by atoms with Crippen LogP contribution < -0.4 is 0 Å². The summed E-state index contributed by atoms with van der Waals surface area (Å²) in [5, 5.41) is 2.77. The highest BCUT2D eigenvalue weighted by molar-refractivity contribution is 6.22. The second-order valence-corrected chi connectivity index (χ2v) is 4.44. The Balaban J connectivity index is 2.45. The second kappa shape index (κ2) is 3.89. The van der Waals surface area contributed by atoms with Crippen LogP contribution in [0.25, 0.3) is 21.9 Å². The van der Waals surface area contributed by atoms with E-state index >= 15 is 0 Å². The van der Waals surface area contributed by atoms with E-state index in [1.165, 1.54) is 33.0 Å². The fourth-order valence-electron chi connectivity index (χ4n) is 2.82. The molecule has 0 aromatic heterocycles. The SMILES string of the molecule is C/C=C1\C(=C/CC)c2cccc3cccc1c23. The molecule has 0 unspecified atom stereocenters. The van der Waals surface area contributed by atoms with E-state index in [4.69, 9.17) is 0 Å². The highest BCUT2D eigenvalue weighted by Gasteiger charge is 2.22.